The first-order chi connectivity index (χ1) is 13.3. The van der Waals surface area contributed by atoms with Gasteiger partial charge in [-0.25, -0.2) is 0 Å². The van der Waals surface area contributed by atoms with Gasteiger partial charge < -0.3 is 15.0 Å². The number of aryl methyl sites for hydroxylation is 1. The molecule has 1 atom stereocenters. The molecule has 5 nitrogen and oxygen atoms in total. The zero-order valence-corrected chi connectivity index (χ0v) is 17.7. The highest BCUT2D eigenvalue weighted by Gasteiger charge is 2.27. The second kappa shape index (κ2) is 10.3. The van der Waals surface area contributed by atoms with Crippen molar-refractivity contribution in [3.8, 4) is 5.75 Å². The lowest BCUT2D eigenvalue weighted by Gasteiger charge is -2.29. The molecule has 0 heterocycles. The van der Waals surface area contributed by atoms with Crippen LogP contribution in [0.4, 0.5) is 0 Å². The van der Waals surface area contributed by atoms with Gasteiger partial charge in [0.15, 0.2) is 6.61 Å². The van der Waals surface area contributed by atoms with Crippen LogP contribution in [0.3, 0.4) is 0 Å². The Bertz CT molecular complexity index is 842. The first kappa shape index (κ1) is 22.1. The highest BCUT2D eigenvalue weighted by atomic mass is 35.5. The standard InChI is InChI=1S/C21H24Cl2N2O3/c1-4-24-21(27)15(3)25(12-16-9-10-17(22)11-18(16)23)20(26)13-28-19-8-6-5-7-14(19)2/h5-11,15H,4,12-13H2,1-3H3,(H,24,27)/t15-/m0/s1. The van der Waals surface area contributed by atoms with Gasteiger partial charge in [0.25, 0.3) is 5.91 Å². The second-order valence-electron chi connectivity index (χ2n) is 6.38. The summed E-state index contributed by atoms with van der Waals surface area (Å²) >= 11 is 12.2. The van der Waals surface area contributed by atoms with Gasteiger partial charge in [-0.15, -0.1) is 0 Å². The molecule has 150 valence electrons. The molecule has 2 aromatic rings. The number of carbonyl (C=O) groups excluding carboxylic acids is 2. The van der Waals surface area contributed by atoms with Crippen LogP contribution < -0.4 is 10.1 Å². The Morgan fingerprint density at radius 1 is 1.18 bits per heavy atom. The van der Waals surface area contributed by atoms with Crippen molar-refractivity contribution in [2.45, 2.75) is 33.4 Å². The summed E-state index contributed by atoms with van der Waals surface area (Å²) in [5.74, 6) is 0.0795. The molecular weight excluding hydrogens is 399 g/mol. The lowest BCUT2D eigenvalue weighted by atomic mass is 10.1. The fourth-order valence-corrected chi connectivity index (χ4v) is 3.15. The molecule has 1 N–H and O–H groups in total. The predicted molar refractivity (Wildman–Crippen MR) is 112 cm³/mol. The van der Waals surface area contributed by atoms with E-state index in [1.807, 2.05) is 32.0 Å². The maximum Gasteiger partial charge on any atom is 0.261 e. The van der Waals surface area contributed by atoms with Gasteiger partial charge in [0.1, 0.15) is 11.8 Å². The largest absolute Gasteiger partial charge is 0.484 e. The second-order valence-corrected chi connectivity index (χ2v) is 7.23. The van der Waals surface area contributed by atoms with Crippen LogP contribution in [0.25, 0.3) is 0 Å². The lowest BCUT2D eigenvalue weighted by molar-refractivity contribution is -0.142. The van der Waals surface area contributed by atoms with Crippen LogP contribution in [0.1, 0.15) is 25.0 Å². The van der Waals surface area contributed by atoms with Gasteiger partial charge >= 0.3 is 0 Å². The zero-order chi connectivity index (χ0) is 20.7. The maximum atomic E-state index is 12.9. The van der Waals surface area contributed by atoms with E-state index in [4.69, 9.17) is 27.9 Å². The lowest BCUT2D eigenvalue weighted by Crippen LogP contribution is -2.49. The average molecular weight is 423 g/mol. The van der Waals surface area contributed by atoms with E-state index in [1.165, 1.54) is 4.90 Å². The summed E-state index contributed by atoms with van der Waals surface area (Å²) in [5, 5.41) is 3.69. The number of carbonyl (C=O) groups is 2. The number of halogens is 2. The highest BCUT2D eigenvalue weighted by Crippen LogP contribution is 2.23. The van der Waals surface area contributed by atoms with Crippen LogP contribution in [0.15, 0.2) is 42.5 Å². The van der Waals surface area contributed by atoms with Crippen molar-refractivity contribution in [2.75, 3.05) is 13.2 Å². The normalized spacial score (nSPS) is 11.6. The monoisotopic (exact) mass is 422 g/mol. The molecule has 0 radical (unpaired) electrons. The van der Waals surface area contributed by atoms with Gasteiger partial charge in [0.05, 0.1) is 0 Å². The third-order valence-corrected chi connectivity index (χ3v) is 4.91. The summed E-state index contributed by atoms with van der Waals surface area (Å²) in [7, 11) is 0. The molecule has 2 aromatic carbocycles. The number of likely N-dealkylation sites (N-methyl/N-ethyl adjacent to an activating group) is 1. The van der Waals surface area contributed by atoms with E-state index in [2.05, 4.69) is 5.32 Å². The number of hydrogen-bond acceptors (Lipinski definition) is 3. The number of hydrogen-bond donors (Lipinski definition) is 1. The van der Waals surface area contributed by atoms with Crippen LogP contribution >= 0.6 is 23.2 Å². The molecule has 2 rings (SSSR count). The van der Waals surface area contributed by atoms with E-state index in [-0.39, 0.29) is 25.0 Å². The molecule has 2 amide bonds. The maximum absolute atomic E-state index is 12.9. The molecule has 0 spiro atoms. The Hall–Kier alpha value is -2.24. The van der Waals surface area contributed by atoms with E-state index < -0.39 is 6.04 Å². The average Bonchev–Trinajstić information content (AvgIpc) is 2.66. The molecule has 0 aromatic heterocycles. The van der Waals surface area contributed by atoms with E-state index in [1.54, 1.807) is 31.2 Å². The van der Waals surface area contributed by atoms with Crippen molar-refractivity contribution in [3.05, 3.63) is 63.6 Å². The number of rotatable bonds is 8. The number of ether oxygens (including phenoxy) is 1. The number of benzene rings is 2. The Labute approximate surface area is 175 Å². The molecule has 0 saturated carbocycles. The molecule has 0 fully saturated rings. The molecule has 0 aliphatic rings. The topological polar surface area (TPSA) is 58.6 Å². The van der Waals surface area contributed by atoms with Crippen LogP contribution in [0.5, 0.6) is 5.75 Å². The van der Waals surface area contributed by atoms with Crippen LogP contribution in [-0.4, -0.2) is 35.9 Å². The number of para-hydroxylation sites is 1. The van der Waals surface area contributed by atoms with Crippen molar-refractivity contribution in [1.82, 2.24) is 10.2 Å². The highest BCUT2D eigenvalue weighted by molar-refractivity contribution is 6.35. The van der Waals surface area contributed by atoms with Crippen molar-refractivity contribution in [1.29, 1.82) is 0 Å². The van der Waals surface area contributed by atoms with Gasteiger partial charge in [-0.1, -0.05) is 47.5 Å². The first-order valence-electron chi connectivity index (χ1n) is 9.03. The summed E-state index contributed by atoms with van der Waals surface area (Å²) in [5.41, 5.74) is 1.63. The molecular formula is C21H24Cl2N2O3. The molecule has 0 bridgehead atoms. The fraction of sp³-hybridized carbons (Fsp3) is 0.333. The summed E-state index contributed by atoms with van der Waals surface area (Å²) in [6.45, 7) is 5.88. The number of amides is 2. The van der Waals surface area contributed by atoms with Crippen molar-refractivity contribution >= 4 is 35.0 Å². The van der Waals surface area contributed by atoms with Crippen molar-refractivity contribution in [2.24, 2.45) is 0 Å². The fourth-order valence-electron chi connectivity index (χ4n) is 2.68. The van der Waals surface area contributed by atoms with Crippen LogP contribution in [-0.2, 0) is 16.1 Å². The molecule has 7 heteroatoms. The van der Waals surface area contributed by atoms with Gasteiger partial charge in [-0.3, -0.25) is 9.59 Å². The molecule has 0 aliphatic heterocycles. The van der Waals surface area contributed by atoms with Crippen LogP contribution in [0, 0.1) is 6.92 Å². The third-order valence-electron chi connectivity index (χ3n) is 4.32. The van der Waals surface area contributed by atoms with Crippen molar-refractivity contribution < 1.29 is 14.3 Å². The SMILES string of the molecule is CCNC(=O)[C@H](C)N(Cc1ccc(Cl)cc1Cl)C(=O)COc1ccccc1C. The summed E-state index contributed by atoms with van der Waals surface area (Å²) in [4.78, 5) is 26.7. The van der Waals surface area contributed by atoms with Gasteiger partial charge in [0.2, 0.25) is 5.91 Å². The van der Waals surface area contributed by atoms with E-state index in [0.717, 1.165) is 5.56 Å². The number of nitrogens with zero attached hydrogens (tertiary/aromatic N) is 1. The third kappa shape index (κ3) is 5.88. The Balaban J connectivity index is 2.20. The molecule has 0 aliphatic carbocycles. The quantitative estimate of drug-likeness (QED) is 0.691. The Kier molecular flexibility index (Phi) is 8.15. The summed E-state index contributed by atoms with van der Waals surface area (Å²) in [6, 6.07) is 11.8. The molecule has 28 heavy (non-hydrogen) atoms. The minimum absolute atomic E-state index is 0.171. The van der Waals surface area contributed by atoms with Gasteiger partial charge in [-0.2, -0.15) is 0 Å². The van der Waals surface area contributed by atoms with E-state index in [9.17, 15) is 9.59 Å². The Morgan fingerprint density at radius 3 is 2.54 bits per heavy atom. The first-order valence-corrected chi connectivity index (χ1v) is 9.78. The Morgan fingerprint density at radius 2 is 1.89 bits per heavy atom. The minimum atomic E-state index is -0.681. The van der Waals surface area contributed by atoms with Crippen molar-refractivity contribution in [3.63, 3.8) is 0 Å². The number of nitrogens with one attached hydrogen (secondary N) is 1. The molecule has 0 saturated heterocycles. The van der Waals surface area contributed by atoms with Gasteiger partial charge in [-0.05, 0) is 50.1 Å². The predicted octanol–water partition coefficient (Wildman–Crippen LogP) is 4.23. The van der Waals surface area contributed by atoms with E-state index in [0.29, 0.717) is 27.9 Å². The molecule has 0 unspecified atom stereocenters. The summed E-state index contributed by atoms with van der Waals surface area (Å²) < 4.78 is 5.68. The van der Waals surface area contributed by atoms with E-state index >= 15 is 0 Å². The smallest absolute Gasteiger partial charge is 0.261 e. The zero-order valence-electron chi connectivity index (χ0n) is 16.2. The minimum Gasteiger partial charge on any atom is -0.484 e. The van der Waals surface area contributed by atoms with Crippen LogP contribution in [0.2, 0.25) is 10.0 Å². The van der Waals surface area contributed by atoms with Gasteiger partial charge in [0, 0.05) is 23.1 Å². The summed E-state index contributed by atoms with van der Waals surface area (Å²) in [6.07, 6.45) is 0.